The monoisotopic (exact) mass is 168 g/mol. The molecule has 0 atom stereocenters. The van der Waals surface area contributed by atoms with Gasteiger partial charge in [0.15, 0.2) is 5.13 Å². The molecule has 4 heteroatoms. The van der Waals surface area contributed by atoms with Gasteiger partial charge in [0.1, 0.15) is 0 Å². The second-order valence-electron chi connectivity index (χ2n) is 1.95. The minimum absolute atomic E-state index is 0.102. The van der Waals surface area contributed by atoms with Crippen LogP contribution in [0.5, 0.6) is 0 Å². The summed E-state index contributed by atoms with van der Waals surface area (Å²) in [5.41, 5.74) is 0. The molecule has 0 aromatic carbocycles. The Labute approximate surface area is 68.8 Å². The first-order chi connectivity index (χ1) is 5.22. The topological polar surface area (TPSA) is 42.0 Å². The minimum Gasteiger partial charge on any atom is -0.302 e. The maximum absolute atomic E-state index is 10.5. The van der Waals surface area contributed by atoms with Crippen molar-refractivity contribution in [2.24, 2.45) is 0 Å². The van der Waals surface area contributed by atoms with Gasteiger partial charge < -0.3 is 5.32 Å². The molecule has 1 N–H and O–H groups in total. The zero-order valence-corrected chi connectivity index (χ0v) is 6.94. The van der Waals surface area contributed by atoms with Crippen LogP contribution >= 0.6 is 11.3 Å². The van der Waals surface area contributed by atoms with Crippen LogP contribution < -0.4 is 5.32 Å². The minimum atomic E-state index is -0.102. The van der Waals surface area contributed by atoms with Crippen molar-refractivity contribution in [1.82, 2.24) is 4.98 Å². The second kappa shape index (κ2) is 3.30. The molecule has 0 aliphatic rings. The van der Waals surface area contributed by atoms with Gasteiger partial charge in [0.05, 0.1) is 0 Å². The Bertz CT molecular complexity index is 280. The Balaban J connectivity index is 2.72. The summed E-state index contributed by atoms with van der Waals surface area (Å²) in [4.78, 5) is 15.4. The van der Waals surface area contributed by atoms with Gasteiger partial charge in [-0.2, -0.15) is 0 Å². The van der Waals surface area contributed by atoms with Gasteiger partial charge in [0.25, 0.3) is 0 Å². The van der Waals surface area contributed by atoms with Crippen molar-refractivity contribution in [3.8, 4) is 0 Å². The fourth-order valence-corrected chi connectivity index (χ4v) is 1.30. The normalized spacial score (nSPS) is 9.18. The van der Waals surface area contributed by atoms with E-state index in [1.807, 2.05) is 0 Å². The van der Waals surface area contributed by atoms with E-state index in [2.05, 4.69) is 16.9 Å². The molecule has 1 aromatic heterocycles. The Morgan fingerprint density at radius 3 is 3.09 bits per heavy atom. The molecule has 1 amide bonds. The lowest BCUT2D eigenvalue weighted by atomic mass is 10.5. The molecule has 3 nitrogen and oxygen atoms in total. The summed E-state index contributed by atoms with van der Waals surface area (Å²) in [5.74, 6) is -0.102. The van der Waals surface area contributed by atoms with Crippen LogP contribution in [0.4, 0.5) is 5.13 Å². The average Bonchev–Trinajstić information content (AvgIpc) is 2.34. The van der Waals surface area contributed by atoms with E-state index in [1.165, 1.54) is 18.3 Å². The smallest absolute Gasteiger partial charge is 0.223 e. The highest BCUT2D eigenvalue weighted by Gasteiger charge is 1.99. The molecule has 0 radical (unpaired) electrons. The van der Waals surface area contributed by atoms with E-state index in [4.69, 9.17) is 0 Å². The lowest BCUT2D eigenvalue weighted by Crippen LogP contribution is -2.04. The summed E-state index contributed by atoms with van der Waals surface area (Å²) in [6.07, 6.45) is 3.37. The number of rotatable bonds is 2. The number of nitrogens with zero attached hydrogens (tertiary/aromatic N) is 1. The summed E-state index contributed by atoms with van der Waals surface area (Å²) >= 11 is 1.40. The number of thiazole rings is 1. The van der Waals surface area contributed by atoms with Gasteiger partial charge in [-0.3, -0.25) is 4.79 Å². The van der Waals surface area contributed by atoms with Gasteiger partial charge in [-0.05, 0) is 0 Å². The van der Waals surface area contributed by atoms with E-state index >= 15 is 0 Å². The Hall–Kier alpha value is -1.16. The summed E-state index contributed by atoms with van der Waals surface area (Å²) in [7, 11) is 0. The van der Waals surface area contributed by atoms with E-state index < -0.39 is 0 Å². The first kappa shape index (κ1) is 7.94. The maximum atomic E-state index is 10.5. The van der Waals surface area contributed by atoms with Crippen LogP contribution in [-0.2, 0) is 4.79 Å². The fourth-order valence-electron chi connectivity index (χ4n) is 0.589. The lowest BCUT2D eigenvalue weighted by Gasteiger charge is -1.91. The molecule has 1 rings (SSSR count). The van der Waals surface area contributed by atoms with E-state index in [-0.39, 0.29) is 5.91 Å². The molecule has 58 valence electrons. The van der Waals surface area contributed by atoms with Crippen molar-refractivity contribution in [2.45, 2.75) is 6.92 Å². The van der Waals surface area contributed by atoms with Crippen molar-refractivity contribution >= 4 is 28.5 Å². The number of nitrogens with one attached hydrogen (secondary N) is 1. The van der Waals surface area contributed by atoms with Gasteiger partial charge in [0, 0.05) is 18.0 Å². The van der Waals surface area contributed by atoms with Crippen molar-refractivity contribution in [3.05, 3.63) is 17.7 Å². The van der Waals surface area contributed by atoms with Crippen LogP contribution in [0.1, 0.15) is 11.8 Å². The van der Waals surface area contributed by atoms with Gasteiger partial charge in [-0.15, -0.1) is 0 Å². The molecule has 0 saturated heterocycles. The third kappa shape index (κ3) is 2.16. The SMILES string of the molecule is C=Cc1cnc(NC(C)=O)s1. The predicted octanol–water partition coefficient (Wildman–Crippen LogP) is 1.74. The molecule has 0 aliphatic carbocycles. The van der Waals surface area contributed by atoms with E-state index in [1.54, 1.807) is 12.3 Å². The van der Waals surface area contributed by atoms with Gasteiger partial charge >= 0.3 is 0 Å². The molecule has 0 bridgehead atoms. The van der Waals surface area contributed by atoms with Crippen molar-refractivity contribution in [1.29, 1.82) is 0 Å². The van der Waals surface area contributed by atoms with E-state index in [0.717, 1.165) is 4.88 Å². The number of hydrogen-bond acceptors (Lipinski definition) is 3. The predicted molar refractivity (Wildman–Crippen MR) is 46.5 cm³/mol. The standard InChI is InChI=1S/C7H8N2OS/c1-3-6-4-8-7(11-6)9-5(2)10/h3-4H,1H2,2H3,(H,8,9,10). The molecule has 0 saturated carbocycles. The molecule has 1 heterocycles. The van der Waals surface area contributed by atoms with Crippen molar-refractivity contribution in [3.63, 3.8) is 0 Å². The summed E-state index contributed by atoms with van der Waals surface area (Å²) in [5, 5.41) is 3.20. The van der Waals surface area contributed by atoms with Crippen LogP contribution in [0, 0.1) is 0 Å². The lowest BCUT2D eigenvalue weighted by molar-refractivity contribution is -0.114. The summed E-state index contributed by atoms with van der Waals surface area (Å²) in [6, 6.07) is 0. The number of carbonyl (C=O) groups excluding carboxylic acids is 1. The highest BCUT2D eigenvalue weighted by atomic mass is 32.1. The fraction of sp³-hybridized carbons (Fsp3) is 0.143. The van der Waals surface area contributed by atoms with E-state index in [9.17, 15) is 4.79 Å². The van der Waals surface area contributed by atoms with Crippen LogP contribution in [0.15, 0.2) is 12.8 Å². The molecule has 0 spiro atoms. The maximum Gasteiger partial charge on any atom is 0.223 e. The largest absolute Gasteiger partial charge is 0.302 e. The zero-order chi connectivity index (χ0) is 8.27. The molecular formula is C7H8N2OS. The molecular weight excluding hydrogens is 160 g/mol. The van der Waals surface area contributed by atoms with Crippen molar-refractivity contribution in [2.75, 3.05) is 5.32 Å². The third-order valence-corrected chi connectivity index (χ3v) is 1.92. The number of amides is 1. The summed E-state index contributed by atoms with van der Waals surface area (Å²) in [6.45, 7) is 5.03. The summed E-state index contributed by atoms with van der Waals surface area (Å²) < 4.78 is 0. The van der Waals surface area contributed by atoms with Gasteiger partial charge in [0.2, 0.25) is 5.91 Å². The first-order valence-electron chi connectivity index (χ1n) is 3.08. The molecule has 0 unspecified atom stereocenters. The molecule has 0 fully saturated rings. The first-order valence-corrected chi connectivity index (χ1v) is 3.90. The Morgan fingerprint density at radius 1 is 1.91 bits per heavy atom. The van der Waals surface area contributed by atoms with Gasteiger partial charge in [-0.25, -0.2) is 4.98 Å². The second-order valence-corrected chi connectivity index (χ2v) is 3.02. The number of carbonyl (C=O) groups is 1. The van der Waals surface area contributed by atoms with E-state index in [0.29, 0.717) is 5.13 Å². The van der Waals surface area contributed by atoms with Gasteiger partial charge in [-0.1, -0.05) is 24.0 Å². The van der Waals surface area contributed by atoms with Crippen LogP contribution in [0.2, 0.25) is 0 Å². The number of hydrogen-bond donors (Lipinski definition) is 1. The average molecular weight is 168 g/mol. The highest BCUT2D eigenvalue weighted by molar-refractivity contribution is 7.16. The molecule has 0 aliphatic heterocycles. The van der Waals surface area contributed by atoms with Crippen LogP contribution in [-0.4, -0.2) is 10.9 Å². The van der Waals surface area contributed by atoms with Crippen LogP contribution in [0.25, 0.3) is 6.08 Å². The molecule has 11 heavy (non-hydrogen) atoms. The van der Waals surface area contributed by atoms with Crippen molar-refractivity contribution < 1.29 is 4.79 Å². The zero-order valence-electron chi connectivity index (χ0n) is 6.13. The van der Waals surface area contributed by atoms with Crippen LogP contribution in [0.3, 0.4) is 0 Å². The third-order valence-electron chi connectivity index (χ3n) is 1.01. The number of anilines is 1. The number of aromatic nitrogens is 1. The Morgan fingerprint density at radius 2 is 2.64 bits per heavy atom. The Kier molecular flexibility index (Phi) is 2.38. The molecule has 1 aromatic rings. The highest BCUT2D eigenvalue weighted by Crippen LogP contribution is 2.18. The quantitative estimate of drug-likeness (QED) is 0.730.